The molecular weight excluding hydrogens is 400 g/mol. The summed E-state index contributed by atoms with van der Waals surface area (Å²) >= 11 is 3.16. The Morgan fingerprint density at radius 3 is 2.79 bits per heavy atom. The highest BCUT2D eigenvalue weighted by molar-refractivity contribution is 7.17. The Hall–Kier alpha value is -2.09. The molecule has 0 aliphatic carbocycles. The number of amides is 1. The van der Waals surface area contributed by atoms with Gasteiger partial charge in [0.1, 0.15) is 9.88 Å². The molecule has 1 saturated heterocycles. The maximum atomic E-state index is 13.1. The smallest absolute Gasteiger partial charge is 0.265 e. The maximum Gasteiger partial charge on any atom is 0.265 e. The first-order valence-electron chi connectivity index (χ1n) is 10.0. The van der Waals surface area contributed by atoms with Crippen molar-refractivity contribution in [2.24, 2.45) is 0 Å². The molecule has 0 atom stereocenters. The molecule has 0 spiro atoms. The minimum absolute atomic E-state index is 0.105. The average Bonchev–Trinajstić information content (AvgIpc) is 3.42. The molecule has 1 amide bonds. The summed E-state index contributed by atoms with van der Waals surface area (Å²) in [6, 6.07) is 8.43. The van der Waals surface area contributed by atoms with Gasteiger partial charge >= 0.3 is 0 Å². The van der Waals surface area contributed by atoms with Crippen LogP contribution in [-0.2, 0) is 6.42 Å². The number of aromatic nitrogens is 2. The fourth-order valence-electron chi connectivity index (χ4n) is 3.78. The SMILES string of the molecule is Cc1nc(-c2ccsc2)sc1C(=O)N(C)C1CCN(CCc2ccccn2)CC1. The normalized spacial score (nSPS) is 15.5. The minimum atomic E-state index is 0.105. The molecular formula is C22H26N4OS2. The first kappa shape index (κ1) is 20.2. The summed E-state index contributed by atoms with van der Waals surface area (Å²) in [5.41, 5.74) is 3.08. The Kier molecular flexibility index (Phi) is 6.37. The lowest BCUT2D eigenvalue weighted by Gasteiger charge is -2.36. The van der Waals surface area contributed by atoms with Crippen molar-refractivity contribution in [3.63, 3.8) is 0 Å². The summed E-state index contributed by atoms with van der Waals surface area (Å²) in [7, 11) is 1.94. The quantitative estimate of drug-likeness (QED) is 0.588. The van der Waals surface area contributed by atoms with Gasteiger partial charge in [-0.15, -0.1) is 11.3 Å². The monoisotopic (exact) mass is 426 g/mol. The van der Waals surface area contributed by atoms with Gasteiger partial charge in [-0.1, -0.05) is 6.07 Å². The Morgan fingerprint density at radius 1 is 1.28 bits per heavy atom. The van der Waals surface area contributed by atoms with E-state index in [1.54, 1.807) is 11.3 Å². The fourth-order valence-corrected chi connectivity index (χ4v) is 5.54. The largest absolute Gasteiger partial charge is 0.338 e. The van der Waals surface area contributed by atoms with Crippen molar-refractivity contribution in [1.29, 1.82) is 0 Å². The van der Waals surface area contributed by atoms with E-state index < -0.39 is 0 Å². The molecule has 0 bridgehead atoms. The number of aryl methyl sites for hydroxylation is 1. The second-order valence-electron chi connectivity index (χ2n) is 7.51. The second kappa shape index (κ2) is 9.15. The molecule has 5 nitrogen and oxygen atoms in total. The predicted molar refractivity (Wildman–Crippen MR) is 120 cm³/mol. The number of nitrogens with zero attached hydrogens (tertiary/aromatic N) is 4. The Balaban J connectivity index is 1.32. The number of thiazole rings is 1. The van der Waals surface area contributed by atoms with Crippen LogP contribution in [0.25, 0.3) is 10.6 Å². The zero-order chi connectivity index (χ0) is 20.2. The van der Waals surface area contributed by atoms with Crippen molar-refractivity contribution < 1.29 is 4.79 Å². The molecule has 1 fully saturated rings. The number of rotatable bonds is 6. The number of piperidine rings is 1. The molecule has 7 heteroatoms. The number of likely N-dealkylation sites (tertiary alicyclic amines) is 1. The fraction of sp³-hybridized carbons (Fsp3) is 0.409. The minimum Gasteiger partial charge on any atom is -0.338 e. The van der Waals surface area contributed by atoms with Crippen LogP contribution in [0.4, 0.5) is 0 Å². The summed E-state index contributed by atoms with van der Waals surface area (Å²) in [5.74, 6) is 0.105. The zero-order valence-corrected chi connectivity index (χ0v) is 18.5. The Bertz CT molecular complexity index is 931. The van der Waals surface area contributed by atoms with E-state index in [-0.39, 0.29) is 5.91 Å². The molecule has 0 radical (unpaired) electrons. The van der Waals surface area contributed by atoms with Gasteiger partial charge in [-0.3, -0.25) is 9.78 Å². The van der Waals surface area contributed by atoms with E-state index in [1.165, 1.54) is 11.3 Å². The third kappa shape index (κ3) is 4.74. The van der Waals surface area contributed by atoms with E-state index in [2.05, 4.69) is 32.4 Å². The molecule has 3 aromatic rings. The topological polar surface area (TPSA) is 49.3 Å². The van der Waals surface area contributed by atoms with E-state index in [4.69, 9.17) is 0 Å². The molecule has 1 aliphatic rings. The van der Waals surface area contributed by atoms with Crippen LogP contribution in [0.1, 0.15) is 33.9 Å². The van der Waals surface area contributed by atoms with Gasteiger partial charge in [0.05, 0.1) is 5.69 Å². The van der Waals surface area contributed by atoms with Gasteiger partial charge in [-0.2, -0.15) is 11.3 Å². The van der Waals surface area contributed by atoms with Crippen molar-refractivity contribution in [2.75, 3.05) is 26.7 Å². The van der Waals surface area contributed by atoms with E-state index in [0.29, 0.717) is 6.04 Å². The number of carbonyl (C=O) groups is 1. The highest BCUT2D eigenvalue weighted by atomic mass is 32.1. The molecule has 3 aromatic heterocycles. The van der Waals surface area contributed by atoms with E-state index in [9.17, 15) is 4.79 Å². The molecule has 0 saturated carbocycles. The van der Waals surface area contributed by atoms with Crippen LogP contribution in [0.2, 0.25) is 0 Å². The van der Waals surface area contributed by atoms with Crippen LogP contribution < -0.4 is 0 Å². The molecule has 0 N–H and O–H groups in total. The summed E-state index contributed by atoms with van der Waals surface area (Å²) in [6.07, 6.45) is 4.86. The van der Waals surface area contributed by atoms with Crippen molar-refractivity contribution >= 4 is 28.6 Å². The lowest BCUT2D eigenvalue weighted by Crippen LogP contribution is -2.46. The number of thiophene rings is 1. The maximum absolute atomic E-state index is 13.1. The Morgan fingerprint density at radius 2 is 2.10 bits per heavy atom. The van der Waals surface area contributed by atoms with Crippen molar-refractivity contribution in [3.05, 3.63) is 57.5 Å². The van der Waals surface area contributed by atoms with Crippen molar-refractivity contribution in [1.82, 2.24) is 19.8 Å². The Labute approximate surface area is 180 Å². The molecule has 0 aromatic carbocycles. The van der Waals surface area contributed by atoms with Gasteiger partial charge in [0.15, 0.2) is 0 Å². The lowest BCUT2D eigenvalue weighted by atomic mass is 10.0. The van der Waals surface area contributed by atoms with Gasteiger partial charge in [0.2, 0.25) is 0 Å². The molecule has 0 unspecified atom stereocenters. The van der Waals surface area contributed by atoms with Gasteiger partial charge in [-0.25, -0.2) is 4.98 Å². The zero-order valence-electron chi connectivity index (χ0n) is 16.9. The third-order valence-corrected chi connectivity index (χ3v) is 7.47. The highest BCUT2D eigenvalue weighted by Crippen LogP contribution is 2.31. The molecule has 29 heavy (non-hydrogen) atoms. The van der Waals surface area contributed by atoms with Crippen LogP contribution in [-0.4, -0.2) is 58.4 Å². The standard InChI is InChI=1S/C22H26N4OS2/c1-16-20(29-21(24-16)17-9-14-28-15-17)22(27)25(2)19-7-12-26(13-8-19)11-6-18-5-3-4-10-23-18/h3-5,9-10,14-15,19H,6-8,11-13H2,1-2H3. The molecule has 4 heterocycles. The van der Waals surface area contributed by atoms with E-state index in [1.807, 2.05) is 42.6 Å². The first-order chi connectivity index (χ1) is 14.1. The van der Waals surface area contributed by atoms with Crippen LogP contribution >= 0.6 is 22.7 Å². The summed E-state index contributed by atoms with van der Waals surface area (Å²) in [5, 5.41) is 5.06. The summed E-state index contributed by atoms with van der Waals surface area (Å²) < 4.78 is 0. The first-order valence-corrected chi connectivity index (χ1v) is 11.8. The molecule has 1 aliphatic heterocycles. The van der Waals surface area contributed by atoms with Gasteiger partial charge < -0.3 is 9.80 Å². The van der Waals surface area contributed by atoms with Crippen LogP contribution in [0.15, 0.2) is 41.2 Å². The van der Waals surface area contributed by atoms with Crippen LogP contribution in [0.5, 0.6) is 0 Å². The van der Waals surface area contributed by atoms with Crippen LogP contribution in [0.3, 0.4) is 0 Å². The highest BCUT2D eigenvalue weighted by Gasteiger charge is 2.28. The number of pyridine rings is 1. The second-order valence-corrected chi connectivity index (χ2v) is 9.28. The predicted octanol–water partition coefficient (Wildman–Crippen LogP) is 4.35. The van der Waals surface area contributed by atoms with Gasteiger partial charge in [0.25, 0.3) is 5.91 Å². The molecule has 152 valence electrons. The van der Waals surface area contributed by atoms with E-state index in [0.717, 1.165) is 65.7 Å². The van der Waals surface area contributed by atoms with Crippen LogP contribution in [0, 0.1) is 6.92 Å². The lowest BCUT2D eigenvalue weighted by molar-refractivity contribution is 0.0647. The number of hydrogen-bond donors (Lipinski definition) is 0. The van der Waals surface area contributed by atoms with Crippen molar-refractivity contribution in [2.45, 2.75) is 32.2 Å². The third-order valence-electron chi connectivity index (χ3n) is 5.59. The average molecular weight is 427 g/mol. The van der Waals surface area contributed by atoms with E-state index >= 15 is 0 Å². The van der Waals surface area contributed by atoms with Crippen molar-refractivity contribution in [3.8, 4) is 10.6 Å². The number of hydrogen-bond acceptors (Lipinski definition) is 6. The summed E-state index contributed by atoms with van der Waals surface area (Å²) in [6.45, 7) is 5.01. The van der Waals surface area contributed by atoms with Gasteiger partial charge in [-0.05, 0) is 43.3 Å². The summed E-state index contributed by atoms with van der Waals surface area (Å²) in [4.78, 5) is 27.3. The molecule has 4 rings (SSSR count). The van der Waals surface area contributed by atoms with Gasteiger partial charge in [0, 0.05) is 62.0 Å². The number of carbonyl (C=O) groups excluding carboxylic acids is 1.